The Labute approximate surface area is 103 Å². The molecular weight excluding hydrogens is 238 g/mol. The largest absolute Gasteiger partial charge is 0.464 e. The van der Waals surface area contributed by atoms with E-state index in [1.165, 1.54) is 13.5 Å². The number of hydrogen-bond donors (Lipinski definition) is 0. The Morgan fingerprint density at radius 3 is 2.89 bits per heavy atom. The smallest absolute Gasteiger partial charge is 0.360 e. The Morgan fingerprint density at radius 2 is 2.33 bits per heavy atom. The number of esters is 1. The summed E-state index contributed by atoms with van der Waals surface area (Å²) in [6.45, 7) is 4.18. The fourth-order valence-electron chi connectivity index (χ4n) is 1.65. The Balaban J connectivity index is 2.36. The second-order valence-corrected chi connectivity index (χ2v) is 3.97. The first kappa shape index (κ1) is 12.2. The topological polar surface area (TPSA) is 95.9 Å². The van der Waals surface area contributed by atoms with Gasteiger partial charge in [-0.05, 0) is 5.92 Å². The predicted molar refractivity (Wildman–Crippen MR) is 58.9 cm³/mol. The van der Waals surface area contributed by atoms with E-state index >= 15 is 0 Å². The van der Waals surface area contributed by atoms with E-state index in [4.69, 9.17) is 0 Å². The van der Waals surface area contributed by atoms with Crippen LogP contribution < -0.4 is 0 Å². The number of hydrogen-bond acceptors (Lipinski definition) is 7. The Bertz CT molecular complexity index is 532. The van der Waals surface area contributed by atoms with Gasteiger partial charge in [-0.3, -0.25) is 0 Å². The average Bonchev–Trinajstić information content (AvgIpc) is 2.97. The number of rotatable bonds is 4. The van der Waals surface area contributed by atoms with Crippen LogP contribution >= 0.6 is 0 Å². The summed E-state index contributed by atoms with van der Waals surface area (Å²) in [5, 5.41) is 11.5. The SMILES string of the molecule is COC(=O)c1nnn(Cc2ncon2)c1C(C)C. The molecule has 0 saturated heterocycles. The van der Waals surface area contributed by atoms with E-state index in [1.807, 2.05) is 13.8 Å². The summed E-state index contributed by atoms with van der Waals surface area (Å²) in [6.07, 6.45) is 1.24. The van der Waals surface area contributed by atoms with Crippen molar-refractivity contribution in [2.24, 2.45) is 0 Å². The van der Waals surface area contributed by atoms with E-state index in [2.05, 4.69) is 29.7 Å². The molecule has 0 fully saturated rings. The van der Waals surface area contributed by atoms with Crippen molar-refractivity contribution in [3.05, 3.63) is 23.6 Å². The summed E-state index contributed by atoms with van der Waals surface area (Å²) in [5.41, 5.74) is 0.905. The number of aromatic nitrogens is 5. The van der Waals surface area contributed by atoms with Gasteiger partial charge < -0.3 is 9.26 Å². The van der Waals surface area contributed by atoms with Gasteiger partial charge in [-0.25, -0.2) is 9.48 Å². The van der Waals surface area contributed by atoms with Gasteiger partial charge in [-0.15, -0.1) is 5.10 Å². The zero-order chi connectivity index (χ0) is 13.1. The minimum atomic E-state index is -0.502. The Morgan fingerprint density at radius 1 is 1.56 bits per heavy atom. The summed E-state index contributed by atoms with van der Waals surface area (Å²) in [4.78, 5) is 15.5. The molecule has 8 heteroatoms. The van der Waals surface area contributed by atoms with Crippen LogP contribution in [0.5, 0.6) is 0 Å². The third kappa shape index (κ3) is 2.22. The van der Waals surface area contributed by atoms with Gasteiger partial charge in [-0.2, -0.15) is 4.98 Å². The maximum atomic E-state index is 11.6. The van der Waals surface area contributed by atoms with E-state index < -0.39 is 5.97 Å². The molecule has 0 N–H and O–H groups in total. The monoisotopic (exact) mass is 251 g/mol. The van der Waals surface area contributed by atoms with Gasteiger partial charge in [0.15, 0.2) is 11.5 Å². The molecule has 2 heterocycles. The number of methoxy groups -OCH3 is 1. The molecule has 96 valence electrons. The fraction of sp³-hybridized carbons (Fsp3) is 0.500. The molecule has 2 aromatic rings. The normalized spacial score (nSPS) is 10.9. The predicted octanol–water partition coefficient (Wildman–Crippen LogP) is 0.619. The molecule has 0 aromatic carbocycles. The first-order chi connectivity index (χ1) is 8.63. The van der Waals surface area contributed by atoms with Crippen molar-refractivity contribution >= 4 is 5.97 Å². The van der Waals surface area contributed by atoms with Crippen LogP contribution in [0.1, 0.15) is 41.8 Å². The van der Waals surface area contributed by atoms with Crippen LogP contribution in [-0.2, 0) is 11.3 Å². The van der Waals surface area contributed by atoms with Crippen molar-refractivity contribution in [1.29, 1.82) is 0 Å². The molecule has 0 aliphatic heterocycles. The van der Waals surface area contributed by atoms with Gasteiger partial charge in [0, 0.05) is 0 Å². The van der Waals surface area contributed by atoms with Gasteiger partial charge in [0.05, 0.1) is 12.8 Å². The fourth-order valence-corrected chi connectivity index (χ4v) is 1.65. The van der Waals surface area contributed by atoms with Gasteiger partial charge in [0.2, 0.25) is 6.39 Å². The quantitative estimate of drug-likeness (QED) is 0.735. The van der Waals surface area contributed by atoms with E-state index in [9.17, 15) is 4.79 Å². The third-order valence-electron chi connectivity index (χ3n) is 2.40. The summed E-state index contributed by atoms with van der Waals surface area (Å²) < 4.78 is 10.9. The van der Waals surface area contributed by atoms with Crippen LogP contribution in [0.3, 0.4) is 0 Å². The molecule has 0 saturated carbocycles. The third-order valence-corrected chi connectivity index (χ3v) is 2.40. The molecule has 0 unspecified atom stereocenters. The highest BCUT2D eigenvalue weighted by atomic mass is 16.5. The molecule has 0 aliphatic carbocycles. The van der Waals surface area contributed by atoms with Gasteiger partial charge >= 0.3 is 5.97 Å². The second kappa shape index (κ2) is 4.94. The van der Waals surface area contributed by atoms with Crippen molar-refractivity contribution in [3.8, 4) is 0 Å². The first-order valence-corrected chi connectivity index (χ1v) is 5.40. The Kier molecular flexibility index (Phi) is 3.35. The lowest BCUT2D eigenvalue weighted by atomic mass is 10.1. The highest BCUT2D eigenvalue weighted by Gasteiger charge is 2.23. The first-order valence-electron chi connectivity index (χ1n) is 5.40. The number of nitrogens with zero attached hydrogens (tertiary/aromatic N) is 5. The zero-order valence-corrected chi connectivity index (χ0v) is 10.3. The Hall–Kier alpha value is -2.25. The molecule has 0 atom stereocenters. The van der Waals surface area contributed by atoms with Gasteiger partial charge in [0.25, 0.3) is 0 Å². The van der Waals surface area contributed by atoms with Crippen molar-refractivity contribution in [2.45, 2.75) is 26.3 Å². The number of ether oxygens (including phenoxy) is 1. The van der Waals surface area contributed by atoms with Crippen molar-refractivity contribution in [3.63, 3.8) is 0 Å². The summed E-state index contributed by atoms with van der Waals surface area (Å²) in [5.74, 6) is 0.0391. The lowest BCUT2D eigenvalue weighted by Crippen LogP contribution is -2.12. The lowest BCUT2D eigenvalue weighted by molar-refractivity contribution is 0.0592. The van der Waals surface area contributed by atoms with Crippen LogP contribution in [0.25, 0.3) is 0 Å². The van der Waals surface area contributed by atoms with Crippen molar-refractivity contribution in [2.75, 3.05) is 7.11 Å². The highest BCUT2D eigenvalue weighted by molar-refractivity contribution is 5.88. The van der Waals surface area contributed by atoms with Gasteiger partial charge in [0.1, 0.15) is 6.54 Å². The molecule has 18 heavy (non-hydrogen) atoms. The molecular formula is C10H13N5O3. The van der Waals surface area contributed by atoms with Crippen molar-refractivity contribution < 1.29 is 14.1 Å². The van der Waals surface area contributed by atoms with Crippen LogP contribution in [0, 0.1) is 0 Å². The van der Waals surface area contributed by atoms with Crippen LogP contribution in [0.4, 0.5) is 0 Å². The highest BCUT2D eigenvalue weighted by Crippen LogP contribution is 2.18. The molecule has 0 radical (unpaired) electrons. The van der Waals surface area contributed by atoms with Gasteiger partial charge in [-0.1, -0.05) is 24.2 Å². The summed E-state index contributed by atoms with van der Waals surface area (Å²) in [6, 6.07) is 0. The minimum Gasteiger partial charge on any atom is -0.464 e. The maximum Gasteiger partial charge on any atom is 0.360 e. The number of carbonyl (C=O) groups is 1. The molecule has 0 aliphatic rings. The standard InChI is InChI=1S/C10H13N5O3/c1-6(2)9-8(10(16)17-3)12-14-15(9)4-7-11-5-18-13-7/h5-6H,4H2,1-3H3. The average molecular weight is 251 g/mol. The van der Waals surface area contributed by atoms with Crippen LogP contribution in [0.15, 0.2) is 10.9 Å². The minimum absolute atomic E-state index is 0.0704. The van der Waals surface area contributed by atoms with Crippen LogP contribution in [0.2, 0.25) is 0 Å². The molecule has 2 rings (SSSR count). The lowest BCUT2D eigenvalue weighted by Gasteiger charge is -2.08. The molecule has 8 nitrogen and oxygen atoms in total. The van der Waals surface area contributed by atoms with E-state index in [0.29, 0.717) is 18.1 Å². The maximum absolute atomic E-state index is 11.6. The summed E-state index contributed by atoms with van der Waals surface area (Å²) in [7, 11) is 1.31. The molecule has 2 aromatic heterocycles. The molecule has 0 amide bonds. The zero-order valence-electron chi connectivity index (χ0n) is 10.3. The molecule has 0 bridgehead atoms. The summed E-state index contributed by atoms with van der Waals surface area (Å²) >= 11 is 0. The van der Waals surface area contributed by atoms with Crippen molar-refractivity contribution in [1.82, 2.24) is 25.1 Å². The van der Waals surface area contributed by atoms with E-state index in [-0.39, 0.29) is 11.6 Å². The number of carbonyl (C=O) groups excluding carboxylic acids is 1. The van der Waals surface area contributed by atoms with E-state index in [0.717, 1.165) is 0 Å². The van der Waals surface area contributed by atoms with E-state index in [1.54, 1.807) is 4.68 Å². The second-order valence-electron chi connectivity index (χ2n) is 3.97. The van der Waals surface area contributed by atoms with Crippen LogP contribution in [-0.4, -0.2) is 38.2 Å². The molecule has 0 spiro atoms.